The van der Waals surface area contributed by atoms with Crippen molar-refractivity contribution in [3.8, 4) is 11.1 Å². The van der Waals surface area contributed by atoms with E-state index in [0.717, 1.165) is 47.5 Å². The van der Waals surface area contributed by atoms with Crippen LogP contribution < -0.4 is 15.4 Å². The van der Waals surface area contributed by atoms with Crippen LogP contribution in [-0.4, -0.2) is 34.6 Å². The Morgan fingerprint density at radius 1 is 1.00 bits per heavy atom. The molecule has 5 nitrogen and oxygen atoms in total. The number of anilines is 1. The Bertz CT molecular complexity index is 1000. The van der Waals surface area contributed by atoms with Gasteiger partial charge in [0.15, 0.2) is 0 Å². The van der Waals surface area contributed by atoms with Gasteiger partial charge in [0.2, 0.25) is 10.0 Å². The molecule has 1 aliphatic rings. The first kappa shape index (κ1) is 16.5. The molecule has 0 aliphatic carbocycles. The summed E-state index contributed by atoms with van der Waals surface area (Å²) in [6.07, 6.45) is 0. The summed E-state index contributed by atoms with van der Waals surface area (Å²) in [7, 11) is -3.77. The fourth-order valence-electron chi connectivity index (χ4n) is 3.26. The van der Waals surface area contributed by atoms with E-state index in [-0.39, 0.29) is 4.21 Å². The topological polar surface area (TPSA) is 75.4 Å². The Labute approximate surface area is 151 Å². The second kappa shape index (κ2) is 6.42. The minimum absolute atomic E-state index is 0.226. The van der Waals surface area contributed by atoms with Crippen molar-refractivity contribution in [3.05, 3.63) is 48.5 Å². The molecule has 0 amide bonds. The molecule has 7 heteroatoms. The number of hydrogen-bond acceptors (Lipinski definition) is 5. The van der Waals surface area contributed by atoms with Crippen molar-refractivity contribution in [2.24, 2.45) is 5.14 Å². The van der Waals surface area contributed by atoms with Gasteiger partial charge in [0.05, 0.1) is 0 Å². The molecule has 0 spiro atoms. The maximum atomic E-state index is 12.1. The Balaban J connectivity index is 1.81. The van der Waals surface area contributed by atoms with Crippen LogP contribution >= 0.6 is 11.3 Å². The molecule has 0 saturated carbocycles. The average Bonchev–Trinajstić information content (AvgIpc) is 3.03. The number of hydrogen-bond donors (Lipinski definition) is 2. The molecular weight excluding hydrogens is 354 g/mol. The number of thiophene rings is 1. The zero-order valence-corrected chi connectivity index (χ0v) is 15.2. The summed E-state index contributed by atoms with van der Waals surface area (Å²) in [5.41, 5.74) is 2.73. The Kier molecular flexibility index (Phi) is 4.24. The molecule has 3 N–H and O–H groups in total. The lowest BCUT2D eigenvalue weighted by atomic mass is 10.0. The minimum Gasteiger partial charge on any atom is -0.369 e. The first-order valence-corrected chi connectivity index (χ1v) is 10.5. The van der Waals surface area contributed by atoms with Crippen molar-refractivity contribution in [1.29, 1.82) is 0 Å². The van der Waals surface area contributed by atoms with Crippen LogP contribution in [0.1, 0.15) is 0 Å². The standard InChI is InChI=1S/C18H19N3O2S2/c19-25(22,23)18-17(15-3-1-2-4-16(15)24-18)13-5-7-14(8-6-13)21-11-9-20-10-12-21/h1-8,20H,9-12H2,(H2,19,22,23). The van der Waals surface area contributed by atoms with Gasteiger partial charge in [-0.1, -0.05) is 30.3 Å². The molecule has 130 valence electrons. The fraction of sp³-hybridized carbons (Fsp3) is 0.222. The lowest BCUT2D eigenvalue weighted by Crippen LogP contribution is -2.43. The van der Waals surface area contributed by atoms with Gasteiger partial charge in [-0.2, -0.15) is 0 Å². The van der Waals surface area contributed by atoms with Crippen molar-refractivity contribution in [1.82, 2.24) is 5.32 Å². The van der Waals surface area contributed by atoms with Crippen molar-refractivity contribution < 1.29 is 8.42 Å². The van der Waals surface area contributed by atoms with Gasteiger partial charge in [-0.15, -0.1) is 11.3 Å². The normalized spacial score (nSPS) is 15.6. The van der Waals surface area contributed by atoms with Crippen LogP contribution in [0.15, 0.2) is 52.7 Å². The van der Waals surface area contributed by atoms with E-state index in [0.29, 0.717) is 5.56 Å². The number of nitrogens with one attached hydrogen (secondary N) is 1. The number of sulfonamides is 1. The number of fused-ring (bicyclic) bond motifs is 1. The predicted molar refractivity (Wildman–Crippen MR) is 104 cm³/mol. The van der Waals surface area contributed by atoms with E-state index in [1.54, 1.807) is 0 Å². The van der Waals surface area contributed by atoms with Gasteiger partial charge in [-0.05, 0) is 23.8 Å². The van der Waals surface area contributed by atoms with Gasteiger partial charge in [0.25, 0.3) is 0 Å². The van der Waals surface area contributed by atoms with Crippen molar-refractivity contribution in [2.45, 2.75) is 4.21 Å². The van der Waals surface area contributed by atoms with E-state index in [2.05, 4.69) is 22.3 Å². The maximum absolute atomic E-state index is 12.1. The molecule has 4 rings (SSSR count). The monoisotopic (exact) mass is 373 g/mol. The second-order valence-electron chi connectivity index (χ2n) is 6.09. The molecule has 3 aromatic rings. The number of piperazine rings is 1. The zero-order chi connectivity index (χ0) is 17.4. The van der Waals surface area contributed by atoms with E-state index < -0.39 is 10.0 Å². The van der Waals surface area contributed by atoms with Crippen LogP contribution in [0.2, 0.25) is 0 Å². The van der Waals surface area contributed by atoms with Gasteiger partial charge in [0, 0.05) is 47.5 Å². The van der Waals surface area contributed by atoms with Crippen molar-refractivity contribution >= 4 is 37.1 Å². The van der Waals surface area contributed by atoms with Crippen LogP contribution in [-0.2, 0) is 10.0 Å². The molecule has 0 bridgehead atoms. The Hall–Kier alpha value is -1.93. The van der Waals surface area contributed by atoms with Crippen LogP contribution in [0.4, 0.5) is 5.69 Å². The molecule has 2 aromatic carbocycles. The third kappa shape index (κ3) is 3.16. The molecular formula is C18H19N3O2S2. The van der Waals surface area contributed by atoms with Gasteiger partial charge < -0.3 is 10.2 Å². The third-order valence-corrected chi connectivity index (χ3v) is 7.09. The SMILES string of the molecule is NS(=O)(=O)c1sc2ccccc2c1-c1ccc(N2CCNCC2)cc1. The van der Waals surface area contributed by atoms with Gasteiger partial charge >= 0.3 is 0 Å². The molecule has 1 aliphatic heterocycles. The largest absolute Gasteiger partial charge is 0.369 e. The number of nitrogens with zero attached hydrogens (tertiary/aromatic N) is 1. The van der Waals surface area contributed by atoms with Crippen molar-refractivity contribution in [2.75, 3.05) is 31.1 Å². The van der Waals surface area contributed by atoms with Gasteiger partial charge in [-0.25, -0.2) is 13.6 Å². The molecule has 1 fully saturated rings. The highest BCUT2D eigenvalue weighted by Crippen LogP contribution is 2.41. The Morgan fingerprint density at radius 2 is 1.68 bits per heavy atom. The highest BCUT2D eigenvalue weighted by Gasteiger charge is 2.22. The lowest BCUT2D eigenvalue weighted by molar-refractivity contribution is 0.589. The van der Waals surface area contributed by atoms with Crippen molar-refractivity contribution in [3.63, 3.8) is 0 Å². The first-order valence-electron chi connectivity index (χ1n) is 8.14. The van der Waals surface area contributed by atoms with Crippen LogP contribution in [0.3, 0.4) is 0 Å². The molecule has 0 radical (unpaired) electrons. The summed E-state index contributed by atoms with van der Waals surface area (Å²) < 4.78 is 25.3. The molecule has 0 atom stereocenters. The van der Waals surface area contributed by atoms with Crippen LogP contribution in [0.25, 0.3) is 21.2 Å². The number of primary sulfonamides is 1. The maximum Gasteiger partial charge on any atom is 0.248 e. The summed E-state index contributed by atoms with van der Waals surface area (Å²) in [5.74, 6) is 0. The summed E-state index contributed by atoms with van der Waals surface area (Å²) in [4.78, 5) is 2.33. The predicted octanol–water partition coefficient (Wildman–Crippen LogP) is 2.63. The number of benzene rings is 2. The van der Waals surface area contributed by atoms with Crippen LogP contribution in [0, 0.1) is 0 Å². The highest BCUT2D eigenvalue weighted by molar-refractivity contribution is 7.91. The minimum atomic E-state index is -3.77. The highest BCUT2D eigenvalue weighted by atomic mass is 32.2. The van der Waals surface area contributed by atoms with Gasteiger partial charge in [-0.3, -0.25) is 0 Å². The zero-order valence-electron chi connectivity index (χ0n) is 13.6. The van der Waals surface area contributed by atoms with E-state index >= 15 is 0 Å². The molecule has 25 heavy (non-hydrogen) atoms. The van der Waals surface area contributed by atoms with E-state index in [1.807, 2.05) is 36.4 Å². The number of rotatable bonds is 3. The summed E-state index contributed by atoms with van der Waals surface area (Å²) in [6.45, 7) is 3.91. The third-order valence-electron chi connectivity index (χ3n) is 4.46. The first-order chi connectivity index (χ1) is 12.0. The summed E-state index contributed by atoms with van der Waals surface area (Å²) in [5, 5.41) is 9.74. The van der Waals surface area contributed by atoms with E-state index in [4.69, 9.17) is 5.14 Å². The summed E-state index contributed by atoms with van der Waals surface area (Å²) >= 11 is 1.23. The number of nitrogens with two attached hydrogens (primary N) is 1. The second-order valence-corrected chi connectivity index (χ2v) is 8.90. The fourth-order valence-corrected chi connectivity index (χ4v) is 5.46. The van der Waals surface area contributed by atoms with E-state index in [9.17, 15) is 8.42 Å². The molecule has 1 saturated heterocycles. The molecule has 0 unspecified atom stereocenters. The molecule has 1 aromatic heterocycles. The smallest absolute Gasteiger partial charge is 0.248 e. The van der Waals surface area contributed by atoms with Gasteiger partial charge in [0.1, 0.15) is 4.21 Å². The van der Waals surface area contributed by atoms with E-state index in [1.165, 1.54) is 11.3 Å². The Morgan fingerprint density at radius 3 is 2.36 bits per heavy atom. The molecule has 2 heterocycles. The average molecular weight is 374 g/mol. The van der Waals surface area contributed by atoms with Crippen LogP contribution in [0.5, 0.6) is 0 Å². The lowest BCUT2D eigenvalue weighted by Gasteiger charge is -2.29. The quantitative estimate of drug-likeness (QED) is 0.740. The summed E-state index contributed by atoms with van der Waals surface area (Å²) in [6, 6.07) is 15.8.